The zero-order chi connectivity index (χ0) is 12.3. The summed E-state index contributed by atoms with van der Waals surface area (Å²) in [5, 5.41) is 0. The third kappa shape index (κ3) is 3.56. The van der Waals surface area contributed by atoms with Crippen molar-refractivity contribution in [2.45, 2.75) is 30.7 Å². The summed E-state index contributed by atoms with van der Waals surface area (Å²) in [4.78, 5) is 11.4. The summed E-state index contributed by atoms with van der Waals surface area (Å²) in [5.74, 6) is -0.149. The van der Waals surface area contributed by atoms with E-state index in [2.05, 4.69) is 0 Å². The Hall–Kier alpha value is -0.970. The van der Waals surface area contributed by atoms with Crippen LogP contribution in [0.4, 0.5) is 13.2 Å². The van der Waals surface area contributed by atoms with Crippen LogP contribution in [0.25, 0.3) is 0 Å². The standard InChI is InChI=1S/C11H11F3OS/c1-3-9(15)8-5-4-7(2)10(6-8)16-11(12,13)14/h4-6H,3H2,1-2H3. The molecule has 0 bridgehead atoms. The number of hydrogen-bond donors (Lipinski definition) is 0. The molecule has 0 aromatic heterocycles. The number of benzene rings is 1. The van der Waals surface area contributed by atoms with Crippen molar-refractivity contribution in [2.75, 3.05) is 0 Å². The topological polar surface area (TPSA) is 17.1 Å². The minimum Gasteiger partial charge on any atom is -0.294 e. The van der Waals surface area contributed by atoms with E-state index in [0.717, 1.165) is 0 Å². The number of hydrogen-bond acceptors (Lipinski definition) is 2. The van der Waals surface area contributed by atoms with Crippen molar-refractivity contribution in [3.63, 3.8) is 0 Å². The van der Waals surface area contributed by atoms with Crippen LogP contribution in [-0.4, -0.2) is 11.3 Å². The predicted molar refractivity (Wildman–Crippen MR) is 57.7 cm³/mol. The Labute approximate surface area is 96.0 Å². The van der Waals surface area contributed by atoms with Crippen LogP contribution in [0.3, 0.4) is 0 Å². The van der Waals surface area contributed by atoms with Gasteiger partial charge in [0.05, 0.1) is 0 Å². The average Bonchev–Trinajstić information content (AvgIpc) is 2.18. The van der Waals surface area contributed by atoms with E-state index in [1.807, 2.05) is 0 Å². The van der Waals surface area contributed by atoms with E-state index in [1.54, 1.807) is 19.9 Å². The number of halogens is 3. The van der Waals surface area contributed by atoms with Crippen LogP contribution in [0.2, 0.25) is 0 Å². The zero-order valence-electron chi connectivity index (χ0n) is 8.89. The number of carbonyl (C=O) groups is 1. The second-order valence-corrected chi connectivity index (χ2v) is 4.41. The van der Waals surface area contributed by atoms with Gasteiger partial charge in [-0.3, -0.25) is 4.79 Å². The molecule has 1 rings (SSSR count). The van der Waals surface area contributed by atoms with Gasteiger partial charge in [0.1, 0.15) is 0 Å². The molecule has 0 fully saturated rings. The fourth-order valence-electron chi connectivity index (χ4n) is 1.21. The summed E-state index contributed by atoms with van der Waals surface area (Å²) in [7, 11) is 0. The molecular formula is C11H11F3OS. The molecule has 0 N–H and O–H groups in total. The Morgan fingerprint density at radius 3 is 2.50 bits per heavy atom. The van der Waals surface area contributed by atoms with Crippen molar-refractivity contribution in [2.24, 2.45) is 0 Å². The zero-order valence-corrected chi connectivity index (χ0v) is 9.71. The molecule has 88 valence electrons. The number of Topliss-reactive ketones (excluding diaryl/α,β-unsaturated/α-hetero) is 1. The lowest BCUT2D eigenvalue weighted by atomic mass is 10.1. The highest BCUT2D eigenvalue weighted by atomic mass is 32.2. The normalized spacial score (nSPS) is 11.6. The van der Waals surface area contributed by atoms with E-state index in [4.69, 9.17) is 0 Å². The fraction of sp³-hybridized carbons (Fsp3) is 0.364. The van der Waals surface area contributed by atoms with Crippen molar-refractivity contribution in [3.05, 3.63) is 29.3 Å². The Bertz CT molecular complexity index is 399. The SMILES string of the molecule is CCC(=O)c1ccc(C)c(SC(F)(F)F)c1. The monoisotopic (exact) mass is 248 g/mol. The maximum atomic E-state index is 12.2. The third-order valence-electron chi connectivity index (χ3n) is 2.06. The second kappa shape index (κ2) is 4.91. The Morgan fingerprint density at radius 1 is 1.38 bits per heavy atom. The van der Waals surface area contributed by atoms with Crippen LogP contribution < -0.4 is 0 Å². The van der Waals surface area contributed by atoms with E-state index in [9.17, 15) is 18.0 Å². The van der Waals surface area contributed by atoms with Gasteiger partial charge in [0.2, 0.25) is 0 Å². The van der Waals surface area contributed by atoms with Gasteiger partial charge in [-0.15, -0.1) is 0 Å². The molecule has 5 heteroatoms. The Balaban J connectivity index is 3.04. The first-order valence-corrected chi connectivity index (χ1v) is 5.54. The summed E-state index contributed by atoms with van der Waals surface area (Å²) < 4.78 is 36.6. The highest BCUT2D eigenvalue weighted by Crippen LogP contribution is 2.38. The minimum absolute atomic E-state index is 0.0896. The molecule has 0 aliphatic carbocycles. The van der Waals surface area contributed by atoms with Crippen molar-refractivity contribution >= 4 is 17.5 Å². The molecule has 0 spiro atoms. The lowest BCUT2D eigenvalue weighted by Crippen LogP contribution is -2.02. The van der Waals surface area contributed by atoms with Gasteiger partial charge in [-0.2, -0.15) is 13.2 Å². The van der Waals surface area contributed by atoms with E-state index in [0.29, 0.717) is 17.5 Å². The summed E-state index contributed by atoms with van der Waals surface area (Å²) >= 11 is -0.183. The molecule has 16 heavy (non-hydrogen) atoms. The van der Waals surface area contributed by atoms with Crippen molar-refractivity contribution in [1.82, 2.24) is 0 Å². The molecule has 0 heterocycles. The number of thioether (sulfide) groups is 1. The number of alkyl halides is 3. The number of ketones is 1. The van der Waals surface area contributed by atoms with Crippen molar-refractivity contribution in [1.29, 1.82) is 0 Å². The smallest absolute Gasteiger partial charge is 0.294 e. The van der Waals surface area contributed by atoms with Crippen LogP contribution in [0.1, 0.15) is 29.3 Å². The molecule has 1 aromatic carbocycles. The highest BCUT2D eigenvalue weighted by molar-refractivity contribution is 8.00. The lowest BCUT2D eigenvalue weighted by molar-refractivity contribution is -0.0328. The van der Waals surface area contributed by atoms with Crippen molar-refractivity contribution < 1.29 is 18.0 Å². The van der Waals surface area contributed by atoms with E-state index < -0.39 is 5.51 Å². The van der Waals surface area contributed by atoms with Gasteiger partial charge in [-0.25, -0.2) is 0 Å². The summed E-state index contributed by atoms with van der Waals surface area (Å²) in [6.45, 7) is 3.27. The van der Waals surface area contributed by atoms with Gasteiger partial charge in [-0.05, 0) is 30.3 Å². The first-order chi connectivity index (χ1) is 7.33. The van der Waals surface area contributed by atoms with Crippen LogP contribution in [0.15, 0.2) is 23.1 Å². The molecule has 0 saturated heterocycles. The van der Waals surface area contributed by atoms with E-state index in [-0.39, 0.29) is 22.4 Å². The van der Waals surface area contributed by atoms with E-state index >= 15 is 0 Å². The predicted octanol–water partition coefficient (Wildman–Crippen LogP) is 4.20. The van der Waals surface area contributed by atoms with Crippen molar-refractivity contribution in [3.8, 4) is 0 Å². The van der Waals surface area contributed by atoms with Crippen LogP contribution in [0, 0.1) is 6.92 Å². The molecule has 1 nitrogen and oxygen atoms in total. The first-order valence-electron chi connectivity index (χ1n) is 4.73. The molecule has 0 radical (unpaired) electrons. The fourth-order valence-corrected chi connectivity index (χ4v) is 1.88. The van der Waals surface area contributed by atoms with Gasteiger partial charge in [0, 0.05) is 16.9 Å². The van der Waals surface area contributed by atoms with Gasteiger partial charge in [0.25, 0.3) is 0 Å². The number of rotatable bonds is 3. The molecule has 1 aromatic rings. The number of carbonyl (C=O) groups excluding carboxylic acids is 1. The molecule has 0 unspecified atom stereocenters. The maximum absolute atomic E-state index is 12.2. The van der Waals surface area contributed by atoms with Crippen LogP contribution in [-0.2, 0) is 0 Å². The van der Waals surface area contributed by atoms with Gasteiger partial charge < -0.3 is 0 Å². The third-order valence-corrected chi connectivity index (χ3v) is 2.95. The van der Waals surface area contributed by atoms with Gasteiger partial charge in [0.15, 0.2) is 5.78 Å². The molecule has 0 atom stereocenters. The van der Waals surface area contributed by atoms with Crippen LogP contribution in [0.5, 0.6) is 0 Å². The summed E-state index contributed by atoms with van der Waals surface area (Å²) in [6.07, 6.45) is 0.291. The summed E-state index contributed by atoms with van der Waals surface area (Å²) in [5.41, 5.74) is -3.46. The molecule has 0 aliphatic heterocycles. The molecule has 0 amide bonds. The summed E-state index contributed by atoms with van der Waals surface area (Å²) in [6, 6.07) is 4.40. The molecule has 0 aliphatic rings. The van der Waals surface area contributed by atoms with Crippen LogP contribution >= 0.6 is 11.8 Å². The first kappa shape index (κ1) is 13.1. The van der Waals surface area contributed by atoms with Gasteiger partial charge >= 0.3 is 5.51 Å². The lowest BCUT2D eigenvalue weighted by Gasteiger charge is -2.09. The Kier molecular flexibility index (Phi) is 4.02. The molecule has 0 saturated carbocycles. The maximum Gasteiger partial charge on any atom is 0.446 e. The quantitative estimate of drug-likeness (QED) is 0.589. The largest absolute Gasteiger partial charge is 0.446 e. The van der Waals surface area contributed by atoms with E-state index in [1.165, 1.54) is 12.1 Å². The number of aryl methyl sites for hydroxylation is 1. The second-order valence-electron chi connectivity index (χ2n) is 3.30. The Morgan fingerprint density at radius 2 is 2.00 bits per heavy atom. The minimum atomic E-state index is -4.32. The molecular weight excluding hydrogens is 237 g/mol. The highest BCUT2D eigenvalue weighted by Gasteiger charge is 2.30. The average molecular weight is 248 g/mol. The van der Waals surface area contributed by atoms with Gasteiger partial charge in [-0.1, -0.05) is 19.1 Å².